The van der Waals surface area contributed by atoms with Gasteiger partial charge in [-0.15, -0.1) is 0 Å². The van der Waals surface area contributed by atoms with Crippen LogP contribution in [0.2, 0.25) is 0 Å². The minimum absolute atomic E-state index is 0.0320. The minimum Gasteiger partial charge on any atom is -0.495 e. The van der Waals surface area contributed by atoms with Gasteiger partial charge < -0.3 is 9.26 Å². The van der Waals surface area contributed by atoms with Crippen molar-refractivity contribution in [1.29, 1.82) is 0 Å². The van der Waals surface area contributed by atoms with Crippen LogP contribution in [0, 0.1) is 0 Å². The van der Waals surface area contributed by atoms with Crippen LogP contribution in [0.25, 0.3) is 11.1 Å². The van der Waals surface area contributed by atoms with E-state index in [0.717, 1.165) is 5.56 Å². The molecule has 1 heterocycles. The zero-order valence-electron chi connectivity index (χ0n) is 17.9. The molecule has 3 aromatic rings. The van der Waals surface area contributed by atoms with Gasteiger partial charge in [0.1, 0.15) is 10.6 Å². The van der Waals surface area contributed by atoms with Gasteiger partial charge in [-0.3, -0.25) is 14.8 Å². The molecule has 2 N–H and O–H groups in total. The van der Waals surface area contributed by atoms with Crippen molar-refractivity contribution in [2.45, 2.75) is 38.5 Å². The number of hydrogen-bond donors (Lipinski definition) is 2. The Bertz CT molecular complexity index is 1200. The van der Waals surface area contributed by atoms with Gasteiger partial charge >= 0.3 is 0 Å². The summed E-state index contributed by atoms with van der Waals surface area (Å²) in [6, 6.07) is 12.0. The number of aryl methyl sites for hydroxylation is 2. The fourth-order valence-electron chi connectivity index (χ4n) is 3.28. The normalized spacial score (nSPS) is 11.2. The van der Waals surface area contributed by atoms with Crippen LogP contribution in [0.4, 0.5) is 11.6 Å². The maximum Gasteiger partial charge on any atom is 0.265 e. The van der Waals surface area contributed by atoms with E-state index >= 15 is 0 Å². The van der Waals surface area contributed by atoms with E-state index in [4.69, 9.17) is 9.26 Å². The molecule has 0 spiro atoms. The number of aromatic nitrogens is 1. The lowest BCUT2D eigenvalue weighted by molar-refractivity contribution is -0.114. The van der Waals surface area contributed by atoms with E-state index in [1.54, 1.807) is 24.3 Å². The van der Waals surface area contributed by atoms with Crippen LogP contribution >= 0.6 is 0 Å². The van der Waals surface area contributed by atoms with Crippen molar-refractivity contribution >= 4 is 27.5 Å². The van der Waals surface area contributed by atoms with E-state index < -0.39 is 10.0 Å². The Kier molecular flexibility index (Phi) is 6.65. The monoisotopic (exact) mass is 443 g/mol. The first kappa shape index (κ1) is 22.4. The molecule has 0 saturated heterocycles. The Morgan fingerprint density at radius 2 is 1.87 bits per heavy atom. The summed E-state index contributed by atoms with van der Waals surface area (Å²) in [5.74, 6) is 0.0437. The molecule has 0 aliphatic carbocycles. The third-order valence-corrected chi connectivity index (χ3v) is 6.16. The number of rotatable bonds is 8. The summed E-state index contributed by atoms with van der Waals surface area (Å²) in [5, 5.41) is 6.61. The largest absolute Gasteiger partial charge is 0.495 e. The molecule has 1 aromatic heterocycles. The predicted molar refractivity (Wildman–Crippen MR) is 119 cm³/mol. The van der Waals surface area contributed by atoms with E-state index in [2.05, 4.69) is 15.2 Å². The number of carbonyl (C=O) groups is 1. The first-order chi connectivity index (χ1) is 14.8. The summed E-state index contributed by atoms with van der Waals surface area (Å²) < 4.78 is 39.8. The van der Waals surface area contributed by atoms with Gasteiger partial charge in [0.2, 0.25) is 11.8 Å². The number of hydrogen-bond acceptors (Lipinski definition) is 6. The zero-order chi connectivity index (χ0) is 22.6. The van der Waals surface area contributed by atoms with E-state index in [-0.39, 0.29) is 22.4 Å². The second-order valence-electron chi connectivity index (χ2n) is 6.85. The van der Waals surface area contributed by atoms with Crippen molar-refractivity contribution in [2.75, 3.05) is 17.1 Å². The van der Waals surface area contributed by atoms with Gasteiger partial charge in [-0.25, -0.2) is 8.42 Å². The molecule has 0 radical (unpaired) electrons. The molecule has 31 heavy (non-hydrogen) atoms. The number of carbonyl (C=O) groups excluding carboxylic acids is 1. The van der Waals surface area contributed by atoms with Crippen molar-refractivity contribution < 1.29 is 22.5 Å². The Labute approximate surface area is 181 Å². The van der Waals surface area contributed by atoms with Crippen molar-refractivity contribution in [3.8, 4) is 16.9 Å². The standard InChI is InChI=1S/C22H25N3O5S/c1-5-15-9-7-8-10-18(15)25-31(27,28)20-13-16(11-12-19(20)29-4)21-17(6-2)24-30-22(21)23-14(3)26/h7-13,25H,5-6H2,1-4H3,(H,23,26). The number of anilines is 2. The lowest BCUT2D eigenvalue weighted by Crippen LogP contribution is -2.15. The van der Waals surface area contributed by atoms with Crippen LogP contribution in [-0.2, 0) is 27.7 Å². The summed E-state index contributed by atoms with van der Waals surface area (Å²) in [6.45, 7) is 5.20. The number of methoxy groups -OCH3 is 1. The topological polar surface area (TPSA) is 111 Å². The average molecular weight is 444 g/mol. The van der Waals surface area contributed by atoms with Crippen molar-refractivity contribution in [3.63, 3.8) is 0 Å². The van der Waals surface area contributed by atoms with Crippen LogP contribution in [0.1, 0.15) is 32.0 Å². The van der Waals surface area contributed by atoms with E-state index in [1.165, 1.54) is 20.1 Å². The first-order valence-electron chi connectivity index (χ1n) is 9.86. The highest BCUT2D eigenvalue weighted by atomic mass is 32.2. The first-order valence-corrected chi connectivity index (χ1v) is 11.3. The lowest BCUT2D eigenvalue weighted by atomic mass is 10.0. The molecule has 0 saturated carbocycles. The number of amides is 1. The zero-order valence-corrected chi connectivity index (χ0v) is 18.7. The highest BCUT2D eigenvalue weighted by Gasteiger charge is 2.24. The molecule has 1 amide bonds. The fraction of sp³-hybridized carbons (Fsp3) is 0.273. The van der Waals surface area contributed by atoms with Gasteiger partial charge in [0, 0.05) is 6.92 Å². The molecule has 0 aliphatic rings. The maximum atomic E-state index is 13.3. The fourth-order valence-corrected chi connectivity index (χ4v) is 4.57. The van der Waals surface area contributed by atoms with Crippen LogP contribution in [0.5, 0.6) is 5.75 Å². The van der Waals surface area contributed by atoms with E-state index in [0.29, 0.717) is 35.3 Å². The van der Waals surface area contributed by atoms with Crippen molar-refractivity contribution in [2.24, 2.45) is 0 Å². The lowest BCUT2D eigenvalue weighted by Gasteiger charge is -2.15. The predicted octanol–water partition coefficient (Wildman–Crippen LogP) is 4.23. The van der Waals surface area contributed by atoms with E-state index in [1.807, 2.05) is 26.0 Å². The van der Waals surface area contributed by atoms with Crippen LogP contribution in [0.3, 0.4) is 0 Å². The molecular formula is C22H25N3O5S. The van der Waals surface area contributed by atoms with Crippen LogP contribution in [-0.4, -0.2) is 26.6 Å². The number of ether oxygens (including phenoxy) is 1. The number of benzene rings is 2. The second kappa shape index (κ2) is 9.22. The number of nitrogens with one attached hydrogen (secondary N) is 2. The molecule has 2 aromatic carbocycles. The summed E-state index contributed by atoms with van der Waals surface area (Å²) in [5.41, 5.74) is 3.05. The molecule has 9 heteroatoms. The Balaban J connectivity index is 2.12. The molecular weight excluding hydrogens is 418 g/mol. The Hall–Kier alpha value is -3.33. The molecule has 8 nitrogen and oxygen atoms in total. The highest BCUT2D eigenvalue weighted by Crippen LogP contribution is 2.37. The number of para-hydroxylation sites is 1. The third kappa shape index (κ3) is 4.72. The number of sulfonamides is 1. The van der Waals surface area contributed by atoms with Gasteiger partial charge in [0.25, 0.3) is 10.0 Å². The molecule has 3 rings (SSSR count). The van der Waals surface area contributed by atoms with Gasteiger partial charge in [0.05, 0.1) is 24.1 Å². The molecule has 164 valence electrons. The SMILES string of the molecule is CCc1ccccc1NS(=O)(=O)c1cc(-c2c(CC)noc2NC(C)=O)ccc1OC. The summed E-state index contributed by atoms with van der Waals surface area (Å²) in [4.78, 5) is 11.5. The summed E-state index contributed by atoms with van der Waals surface area (Å²) in [6.07, 6.45) is 1.21. The van der Waals surface area contributed by atoms with Crippen molar-refractivity contribution in [1.82, 2.24) is 5.16 Å². The third-order valence-electron chi connectivity index (χ3n) is 4.77. The molecule has 0 atom stereocenters. The Morgan fingerprint density at radius 3 is 2.52 bits per heavy atom. The summed E-state index contributed by atoms with van der Waals surface area (Å²) >= 11 is 0. The van der Waals surface area contributed by atoms with E-state index in [9.17, 15) is 13.2 Å². The minimum atomic E-state index is -3.97. The quantitative estimate of drug-likeness (QED) is 0.539. The maximum absolute atomic E-state index is 13.3. The summed E-state index contributed by atoms with van der Waals surface area (Å²) in [7, 11) is -2.56. The van der Waals surface area contributed by atoms with Gasteiger partial charge in [-0.05, 0) is 42.2 Å². The van der Waals surface area contributed by atoms with Gasteiger partial charge in [-0.1, -0.05) is 43.3 Å². The molecule has 0 unspecified atom stereocenters. The second-order valence-corrected chi connectivity index (χ2v) is 8.50. The van der Waals surface area contributed by atoms with Gasteiger partial charge in [-0.2, -0.15) is 0 Å². The smallest absolute Gasteiger partial charge is 0.265 e. The number of nitrogens with zero attached hydrogens (tertiary/aromatic N) is 1. The molecule has 0 fully saturated rings. The molecule has 0 aliphatic heterocycles. The van der Waals surface area contributed by atoms with Gasteiger partial charge in [0.15, 0.2) is 0 Å². The molecule has 0 bridgehead atoms. The van der Waals surface area contributed by atoms with Crippen LogP contribution < -0.4 is 14.8 Å². The average Bonchev–Trinajstić information content (AvgIpc) is 3.15. The van der Waals surface area contributed by atoms with Crippen LogP contribution in [0.15, 0.2) is 51.9 Å². The highest BCUT2D eigenvalue weighted by molar-refractivity contribution is 7.92. The Morgan fingerprint density at radius 1 is 1.13 bits per heavy atom. The van der Waals surface area contributed by atoms with Crippen molar-refractivity contribution in [3.05, 3.63) is 53.7 Å².